The predicted molar refractivity (Wildman–Crippen MR) is 78.0 cm³/mol. The Balaban J connectivity index is 2.24. The van der Waals surface area contributed by atoms with E-state index in [2.05, 4.69) is 53.1 Å². The van der Waals surface area contributed by atoms with Crippen LogP contribution in [-0.2, 0) is 6.42 Å². The van der Waals surface area contributed by atoms with Gasteiger partial charge in [-0.05, 0) is 59.0 Å². The van der Waals surface area contributed by atoms with Gasteiger partial charge in [0.15, 0.2) is 0 Å². The fourth-order valence-electron chi connectivity index (χ4n) is 1.92. The van der Waals surface area contributed by atoms with Gasteiger partial charge in [0.25, 0.3) is 0 Å². The highest BCUT2D eigenvalue weighted by molar-refractivity contribution is 9.10. The van der Waals surface area contributed by atoms with Crippen molar-refractivity contribution in [2.75, 3.05) is 0 Å². The van der Waals surface area contributed by atoms with Crippen molar-refractivity contribution in [2.45, 2.75) is 32.7 Å². The minimum absolute atomic E-state index is 0.244. The van der Waals surface area contributed by atoms with Crippen molar-refractivity contribution in [3.05, 3.63) is 46.2 Å². The zero-order chi connectivity index (χ0) is 13.1. The summed E-state index contributed by atoms with van der Waals surface area (Å²) in [5.41, 5.74) is 9.66. The summed E-state index contributed by atoms with van der Waals surface area (Å²) < 4.78 is 2.85. The molecule has 0 aliphatic rings. The molecule has 0 bridgehead atoms. The van der Waals surface area contributed by atoms with Crippen molar-refractivity contribution in [3.63, 3.8) is 0 Å². The van der Waals surface area contributed by atoms with Gasteiger partial charge in [0.2, 0.25) is 0 Å². The van der Waals surface area contributed by atoms with Gasteiger partial charge in [0.05, 0.1) is 16.4 Å². The zero-order valence-corrected chi connectivity index (χ0v) is 12.3. The Hall–Kier alpha value is -1.13. The number of aromatic nitrogens is 2. The average Bonchev–Trinajstić information content (AvgIpc) is 2.78. The highest BCUT2D eigenvalue weighted by Crippen LogP contribution is 2.17. The first-order valence-electron chi connectivity index (χ1n) is 6.15. The third kappa shape index (κ3) is 3.00. The molecule has 1 heterocycles. The molecule has 2 rings (SSSR count). The summed E-state index contributed by atoms with van der Waals surface area (Å²) in [4.78, 5) is 0. The molecular formula is C14H18BrN3. The van der Waals surface area contributed by atoms with Crippen LogP contribution in [0.15, 0.2) is 35.1 Å². The molecule has 1 unspecified atom stereocenters. The van der Waals surface area contributed by atoms with Crippen molar-refractivity contribution in [3.8, 4) is 5.69 Å². The maximum absolute atomic E-state index is 6.00. The van der Waals surface area contributed by atoms with Gasteiger partial charge < -0.3 is 5.73 Å². The number of aryl methyl sites for hydroxylation is 1. The molecule has 2 N–H and O–H groups in total. The Bertz CT molecular complexity index is 534. The van der Waals surface area contributed by atoms with Crippen LogP contribution in [0.5, 0.6) is 0 Å². The van der Waals surface area contributed by atoms with Crippen molar-refractivity contribution < 1.29 is 0 Å². The van der Waals surface area contributed by atoms with Crippen molar-refractivity contribution in [1.82, 2.24) is 9.78 Å². The summed E-state index contributed by atoms with van der Waals surface area (Å²) in [5.74, 6) is 0. The number of nitrogens with two attached hydrogens (primary N) is 1. The van der Waals surface area contributed by atoms with E-state index in [4.69, 9.17) is 5.73 Å². The SMILES string of the molecule is CCC(N)Cc1ccc(-n2cc(Br)cn2)cc1C. The number of hydrogen-bond donors (Lipinski definition) is 1. The molecule has 0 fully saturated rings. The smallest absolute Gasteiger partial charge is 0.0648 e. The van der Waals surface area contributed by atoms with Crippen molar-refractivity contribution >= 4 is 15.9 Å². The Kier molecular flexibility index (Phi) is 4.19. The molecule has 0 aliphatic carbocycles. The Morgan fingerprint density at radius 3 is 2.78 bits per heavy atom. The van der Waals surface area contributed by atoms with Gasteiger partial charge in [-0.15, -0.1) is 0 Å². The molecule has 3 nitrogen and oxygen atoms in total. The number of benzene rings is 1. The Morgan fingerprint density at radius 2 is 2.22 bits per heavy atom. The van der Waals surface area contributed by atoms with Gasteiger partial charge in [0, 0.05) is 12.2 Å². The van der Waals surface area contributed by atoms with E-state index in [1.165, 1.54) is 11.1 Å². The summed E-state index contributed by atoms with van der Waals surface area (Å²) in [6.07, 6.45) is 5.68. The topological polar surface area (TPSA) is 43.8 Å². The van der Waals surface area contributed by atoms with Crippen LogP contribution in [0.4, 0.5) is 0 Å². The molecule has 1 aromatic heterocycles. The molecule has 0 spiro atoms. The molecular weight excluding hydrogens is 290 g/mol. The van der Waals surface area contributed by atoms with Crippen LogP contribution in [0.1, 0.15) is 24.5 Å². The van der Waals surface area contributed by atoms with Crippen LogP contribution < -0.4 is 5.73 Å². The number of halogens is 1. The fourth-order valence-corrected chi connectivity index (χ4v) is 2.21. The third-order valence-corrected chi connectivity index (χ3v) is 3.56. The second-order valence-electron chi connectivity index (χ2n) is 4.59. The fraction of sp³-hybridized carbons (Fsp3) is 0.357. The molecule has 0 radical (unpaired) electrons. The standard InChI is InChI=1S/C14H18BrN3/c1-3-13(16)7-11-4-5-14(6-10(11)2)18-9-12(15)8-17-18/h4-6,8-9,13H,3,7,16H2,1-2H3. The lowest BCUT2D eigenvalue weighted by Crippen LogP contribution is -2.21. The molecule has 1 atom stereocenters. The van der Waals surface area contributed by atoms with Crippen LogP contribution in [-0.4, -0.2) is 15.8 Å². The second kappa shape index (κ2) is 5.67. The predicted octanol–water partition coefficient (Wildman–Crippen LogP) is 3.22. The van der Waals surface area contributed by atoms with Crippen LogP contribution in [0.3, 0.4) is 0 Å². The first kappa shape index (κ1) is 13.3. The minimum atomic E-state index is 0.244. The molecule has 96 valence electrons. The molecule has 0 saturated heterocycles. The Labute approximate surface area is 116 Å². The lowest BCUT2D eigenvalue weighted by atomic mass is 10.00. The average molecular weight is 308 g/mol. The largest absolute Gasteiger partial charge is 0.327 e. The van der Waals surface area contributed by atoms with E-state index >= 15 is 0 Å². The van der Waals surface area contributed by atoms with Crippen LogP contribution in [0.2, 0.25) is 0 Å². The van der Waals surface area contributed by atoms with Gasteiger partial charge in [-0.3, -0.25) is 0 Å². The molecule has 2 aromatic rings. The van der Waals surface area contributed by atoms with E-state index in [0.717, 1.165) is 23.0 Å². The van der Waals surface area contributed by atoms with Crippen LogP contribution in [0.25, 0.3) is 5.69 Å². The van der Waals surface area contributed by atoms with Crippen LogP contribution in [0, 0.1) is 6.92 Å². The van der Waals surface area contributed by atoms with Gasteiger partial charge >= 0.3 is 0 Å². The molecule has 0 saturated carbocycles. The van der Waals surface area contributed by atoms with Crippen LogP contribution >= 0.6 is 15.9 Å². The first-order valence-corrected chi connectivity index (χ1v) is 6.95. The van der Waals surface area contributed by atoms with Crippen molar-refractivity contribution in [2.24, 2.45) is 5.73 Å². The van der Waals surface area contributed by atoms with E-state index in [0.29, 0.717) is 0 Å². The number of hydrogen-bond acceptors (Lipinski definition) is 2. The monoisotopic (exact) mass is 307 g/mol. The molecule has 18 heavy (non-hydrogen) atoms. The molecule has 0 amide bonds. The van der Waals surface area contributed by atoms with E-state index in [1.54, 1.807) is 6.20 Å². The number of rotatable bonds is 4. The second-order valence-corrected chi connectivity index (χ2v) is 5.50. The zero-order valence-electron chi connectivity index (χ0n) is 10.7. The Morgan fingerprint density at radius 1 is 1.44 bits per heavy atom. The maximum Gasteiger partial charge on any atom is 0.0648 e. The van der Waals surface area contributed by atoms with Gasteiger partial charge in [0.1, 0.15) is 0 Å². The summed E-state index contributed by atoms with van der Waals surface area (Å²) in [6.45, 7) is 4.25. The summed E-state index contributed by atoms with van der Waals surface area (Å²) >= 11 is 3.40. The quantitative estimate of drug-likeness (QED) is 0.942. The summed E-state index contributed by atoms with van der Waals surface area (Å²) in [6, 6.07) is 6.63. The third-order valence-electron chi connectivity index (χ3n) is 3.15. The number of nitrogens with zero attached hydrogens (tertiary/aromatic N) is 2. The summed E-state index contributed by atoms with van der Waals surface area (Å²) in [7, 11) is 0. The van der Waals surface area contributed by atoms with Gasteiger partial charge in [-0.25, -0.2) is 4.68 Å². The van der Waals surface area contributed by atoms with Gasteiger partial charge in [-0.1, -0.05) is 13.0 Å². The van der Waals surface area contributed by atoms with E-state index in [-0.39, 0.29) is 6.04 Å². The lowest BCUT2D eigenvalue weighted by molar-refractivity contribution is 0.644. The van der Waals surface area contributed by atoms with E-state index < -0.39 is 0 Å². The first-order chi connectivity index (χ1) is 8.60. The van der Waals surface area contributed by atoms with Gasteiger partial charge in [-0.2, -0.15) is 5.10 Å². The normalized spacial score (nSPS) is 12.7. The van der Waals surface area contributed by atoms with E-state index in [1.807, 2.05) is 10.9 Å². The molecule has 1 aromatic carbocycles. The minimum Gasteiger partial charge on any atom is -0.327 e. The maximum atomic E-state index is 6.00. The molecule has 0 aliphatic heterocycles. The van der Waals surface area contributed by atoms with E-state index in [9.17, 15) is 0 Å². The highest BCUT2D eigenvalue weighted by atomic mass is 79.9. The highest BCUT2D eigenvalue weighted by Gasteiger charge is 2.06. The lowest BCUT2D eigenvalue weighted by Gasteiger charge is -2.12. The van der Waals surface area contributed by atoms with Crippen molar-refractivity contribution in [1.29, 1.82) is 0 Å². The summed E-state index contributed by atoms with van der Waals surface area (Å²) in [5, 5.41) is 4.28. The molecule has 4 heteroatoms.